The Labute approximate surface area is 151 Å². The first-order valence-electron chi connectivity index (χ1n) is 8.06. The van der Waals surface area contributed by atoms with Gasteiger partial charge in [0.15, 0.2) is 0 Å². The zero-order valence-corrected chi connectivity index (χ0v) is 14.7. The molecule has 0 amide bonds. The van der Waals surface area contributed by atoms with Gasteiger partial charge >= 0.3 is 151 Å². The Morgan fingerprint density at radius 1 is 0.462 bits per heavy atom. The summed E-state index contributed by atoms with van der Waals surface area (Å²) in [6, 6.07) is 27.4. The third-order valence-electron chi connectivity index (χ3n) is 3.51. The first kappa shape index (κ1) is 16.3. The van der Waals surface area contributed by atoms with Crippen molar-refractivity contribution in [3.05, 3.63) is 104 Å². The predicted molar refractivity (Wildman–Crippen MR) is 99.4 cm³/mol. The Hall–Kier alpha value is -3.17. The molecule has 0 N–H and O–H groups in total. The topological polar surface area (TPSA) is 46.2 Å². The minimum atomic E-state index is -4.51. The van der Waals surface area contributed by atoms with Crippen LogP contribution in [0.15, 0.2) is 104 Å². The van der Waals surface area contributed by atoms with Gasteiger partial charge in [0.05, 0.1) is 0 Å². The minimum absolute atomic E-state index is 0.501. The summed E-state index contributed by atoms with van der Waals surface area (Å²) in [6.07, 6.45) is 2.74. The van der Waals surface area contributed by atoms with Gasteiger partial charge in [0.1, 0.15) is 0 Å². The molecule has 1 heterocycles. The van der Waals surface area contributed by atoms with E-state index < -0.39 is 7.74 Å². The number of benzene rings is 3. The van der Waals surface area contributed by atoms with Gasteiger partial charge in [0.25, 0.3) is 0 Å². The van der Waals surface area contributed by atoms with E-state index in [4.69, 9.17) is 22.6 Å². The molecule has 0 aliphatic carbocycles. The number of para-hydroxylation sites is 3. The fourth-order valence-electron chi connectivity index (χ4n) is 2.42. The zero-order valence-electron chi connectivity index (χ0n) is 13.8. The fourth-order valence-corrected chi connectivity index (χ4v) is 4.73. The normalized spacial score (nSPS) is 17.8. The van der Waals surface area contributed by atoms with E-state index in [-0.39, 0.29) is 0 Å². The predicted octanol–water partition coefficient (Wildman–Crippen LogP) is 5.87. The Morgan fingerprint density at radius 3 is 1.08 bits per heavy atom. The first-order valence-corrected chi connectivity index (χ1v) is 9.89. The second kappa shape index (κ2) is 6.62. The summed E-state index contributed by atoms with van der Waals surface area (Å²) in [5.74, 6) is 1.50. The van der Waals surface area contributed by atoms with Gasteiger partial charge < -0.3 is 0 Å². The third kappa shape index (κ3) is 3.30. The second-order valence-electron chi connectivity index (χ2n) is 5.44. The number of hydrogen-bond acceptors (Lipinski definition) is 5. The van der Waals surface area contributed by atoms with Crippen molar-refractivity contribution in [1.29, 1.82) is 0 Å². The SMILES string of the molecule is C1=COP(Oc2ccccc2)(Oc2ccccc2)(Oc2ccccc2)O1. The van der Waals surface area contributed by atoms with Crippen LogP contribution in [0.5, 0.6) is 17.2 Å². The maximum atomic E-state index is 6.14. The van der Waals surface area contributed by atoms with Crippen molar-refractivity contribution in [3.63, 3.8) is 0 Å². The standard InChI is InChI=1S/C20H17O5P/c1-4-10-18(11-5-1)23-26(21-16-17-22-26,24-19-12-6-2-7-13-19)25-20-14-8-3-9-15-20/h1-17H. The van der Waals surface area contributed by atoms with Gasteiger partial charge in [-0.2, -0.15) is 0 Å². The Kier molecular flexibility index (Phi) is 4.15. The molecule has 0 unspecified atom stereocenters. The number of hydrogen-bond donors (Lipinski definition) is 0. The molecular weight excluding hydrogens is 351 g/mol. The van der Waals surface area contributed by atoms with Crippen molar-refractivity contribution in [1.82, 2.24) is 0 Å². The molecule has 132 valence electrons. The van der Waals surface area contributed by atoms with Gasteiger partial charge in [-0.1, -0.05) is 0 Å². The fraction of sp³-hybridized carbons (Fsp3) is 0. The maximum absolute atomic E-state index is 6.14. The third-order valence-corrected chi connectivity index (χ3v) is 5.97. The summed E-state index contributed by atoms with van der Waals surface area (Å²) in [5, 5.41) is 0. The molecular formula is C20H17O5P. The molecule has 3 aromatic carbocycles. The molecule has 0 saturated heterocycles. The number of rotatable bonds is 6. The molecule has 0 bridgehead atoms. The van der Waals surface area contributed by atoms with Crippen molar-refractivity contribution in [2.45, 2.75) is 0 Å². The average molecular weight is 368 g/mol. The summed E-state index contributed by atoms with van der Waals surface area (Å²) in [7, 11) is -4.51. The Bertz CT molecular complexity index is 768. The summed E-state index contributed by atoms with van der Waals surface area (Å²) >= 11 is 0. The molecule has 0 fully saturated rings. The van der Waals surface area contributed by atoms with Crippen molar-refractivity contribution in [3.8, 4) is 17.2 Å². The van der Waals surface area contributed by atoms with E-state index in [2.05, 4.69) is 0 Å². The Morgan fingerprint density at radius 2 is 0.769 bits per heavy atom. The van der Waals surface area contributed by atoms with Gasteiger partial charge in [-0.25, -0.2) is 0 Å². The molecule has 5 nitrogen and oxygen atoms in total. The molecule has 0 aromatic heterocycles. The van der Waals surface area contributed by atoms with Crippen molar-refractivity contribution in [2.75, 3.05) is 0 Å². The van der Waals surface area contributed by atoms with Crippen LogP contribution in [0, 0.1) is 0 Å². The van der Waals surface area contributed by atoms with Gasteiger partial charge in [0, 0.05) is 0 Å². The van der Waals surface area contributed by atoms with Gasteiger partial charge in [-0.15, -0.1) is 0 Å². The Balaban J connectivity index is 1.78. The van der Waals surface area contributed by atoms with Crippen LogP contribution in [0.2, 0.25) is 0 Å². The second-order valence-corrected chi connectivity index (χ2v) is 7.90. The van der Waals surface area contributed by atoms with Crippen LogP contribution in [0.25, 0.3) is 0 Å². The van der Waals surface area contributed by atoms with E-state index in [0.717, 1.165) is 0 Å². The van der Waals surface area contributed by atoms with Crippen molar-refractivity contribution < 1.29 is 22.6 Å². The summed E-state index contributed by atoms with van der Waals surface area (Å²) in [6.45, 7) is 0. The van der Waals surface area contributed by atoms with E-state index in [1.54, 1.807) is 36.4 Å². The zero-order chi connectivity index (χ0) is 17.7. The van der Waals surface area contributed by atoms with Crippen LogP contribution in [-0.4, -0.2) is 0 Å². The van der Waals surface area contributed by atoms with E-state index in [9.17, 15) is 0 Å². The summed E-state index contributed by atoms with van der Waals surface area (Å²) in [5.41, 5.74) is 0. The van der Waals surface area contributed by atoms with Crippen LogP contribution in [-0.2, 0) is 9.05 Å². The van der Waals surface area contributed by atoms with Crippen molar-refractivity contribution >= 4 is 7.74 Å². The molecule has 26 heavy (non-hydrogen) atoms. The molecule has 6 heteroatoms. The molecule has 0 radical (unpaired) electrons. The van der Waals surface area contributed by atoms with Crippen LogP contribution in [0.4, 0.5) is 0 Å². The molecule has 3 aromatic rings. The molecule has 0 atom stereocenters. The van der Waals surface area contributed by atoms with Crippen LogP contribution in [0.3, 0.4) is 0 Å². The quantitative estimate of drug-likeness (QED) is 0.509. The van der Waals surface area contributed by atoms with Gasteiger partial charge in [0.2, 0.25) is 0 Å². The molecule has 0 saturated carbocycles. The van der Waals surface area contributed by atoms with Gasteiger partial charge in [-0.3, -0.25) is 0 Å². The van der Waals surface area contributed by atoms with Crippen LogP contribution >= 0.6 is 7.74 Å². The van der Waals surface area contributed by atoms with E-state index in [0.29, 0.717) is 17.2 Å². The molecule has 0 spiro atoms. The van der Waals surface area contributed by atoms with E-state index in [1.165, 1.54) is 12.5 Å². The van der Waals surface area contributed by atoms with Crippen LogP contribution < -0.4 is 13.6 Å². The molecule has 1 aliphatic heterocycles. The monoisotopic (exact) mass is 368 g/mol. The molecule has 1 aliphatic rings. The summed E-state index contributed by atoms with van der Waals surface area (Å²) in [4.78, 5) is 0. The average Bonchev–Trinajstić information content (AvgIpc) is 3.08. The van der Waals surface area contributed by atoms with Gasteiger partial charge in [-0.05, 0) is 0 Å². The molecule has 4 rings (SSSR count). The summed E-state index contributed by atoms with van der Waals surface area (Å²) < 4.78 is 30.0. The van der Waals surface area contributed by atoms with Crippen molar-refractivity contribution in [2.24, 2.45) is 0 Å². The van der Waals surface area contributed by atoms with E-state index >= 15 is 0 Å². The first-order chi connectivity index (χ1) is 12.8. The van der Waals surface area contributed by atoms with E-state index in [1.807, 2.05) is 54.6 Å². The van der Waals surface area contributed by atoms with Crippen LogP contribution in [0.1, 0.15) is 0 Å².